The second-order valence-corrected chi connectivity index (χ2v) is 7.49. The maximum Gasteiger partial charge on any atom is 0.312 e. The molecule has 0 radical (unpaired) electrons. The Kier molecular flexibility index (Phi) is 6.81. The SMILES string of the molecule is NC(=O)NCc1ccc(C(=O)N(CCc2ccccc2)Cc2cccs2)cc1. The Labute approximate surface area is 168 Å². The maximum atomic E-state index is 13.1. The minimum absolute atomic E-state index is 0.00117. The van der Waals surface area contributed by atoms with Gasteiger partial charge in [0, 0.05) is 23.5 Å². The minimum atomic E-state index is -0.566. The third-order valence-electron chi connectivity index (χ3n) is 4.39. The molecule has 0 aliphatic rings. The van der Waals surface area contributed by atoms with Crippen LogP contribution in [0.5, 0.6) is 0 Å². The summed E-state index contributed by atoms with van der Waals surface area (Å²) in [6.45, 7) is 1.58. The fourth-order valence-electron chi connectivity index (χ4n) is 2.89. The highest BCUT2D eigenvalue weighted by Crippen LogP contribution is 2.16. The van der Waals surface area contributed by atoms with Crippen LogP contribution < -0.4 is 11.1 Å². The molecular formula is C22H23N3O2S. The molecule has 0 saturated carbocycles. The lowest BCUT2D eigenvalue weighted by Crippen LogP contribution is -2.32. The highest BCUT2D eigenvalue weighted by atomic mass is 32.1. The van der Waals surface area contributed by atoms with Gasteiger partial charge in [0.05, 0.1) is 6.54 Å². The quantitative estimate of drug-likeness (QED) is 0.611. The topological polar surface area (TPSA) is 75.4 Å². The van der Waals surface area contributed by atoms with Crippen molar-refractivity contribution in [3.05, 3.63) is 93.7 Å². The fourth-order valence-corrected chi connectivity index (χ4v) is 3.61. The molecule has 0 aliphatic heterocycles. The monoisotopic (exact) mass is 393 g/mol. The van der Waals surface area contributed by atoms with Crippen molar-refractivity contribution < 1.29 is 9.59 Å². The summed E-state index contributed by atoms with van der Waals surface area (Å²) < 4.78 is 0. The van der Waals surface area contributed by atoms with E-state index in [4.69, 9.17) is 5.73 Å². The molecule has 0 spiro atoms. The zero-order valence-electron chi connectivity index (χ0n) is 15.5. The predicted molar refractivity (Wildman–Crippen MR) is 112 cm³/mol. The number of hydrogen-bond acceptors (Lipinski definition) is 3. The zero-order valence-corrected chi connectivity index (χ0v) is 16.3. The summed E-state index contributed by atoms with van der Waals surface area (Å²) in [5.41, 5.74) is 7.83. The number of thiophene rings is 1. The molecule has 0 unspecified atom stereocenters. The largest absolute Gasteiger partial charge is 0.352 e. The van der Waals surface area contributed by atoms with Crippen molar-refractivity contribution in [1.82, 2.24) is 10.2 Å². The number of nitrogens with one attached hydrogen (secondary N) is 1. The summed E-state index contributed by atoms with van der Waals surface area (Å²) in [6.07, 6.45) is 0.804. The number of carbonyl (C=O) groups is 2. The van der Waals surface area contributed by atoms with Crippen LogP contribution in [0.1, 0.15) is 26.4 Å². The molecule has 6 heteroatoms. The zero-order chi connectivity index (χ0) is 19.8. The van der Waals surface area contributed by atoms with Crippen molar-refractivity contribution in [2.24, 2.45) is 5.73 Å². The van der Waals surface area contributed by atoms with Gasteiger partial charge in [0.15, 0.2) is 0 Å². The lowest BCUT2D eigenvalue weighted by molar-refractivity contribution is 0.0746. The van der Waals surface area contributed by atoms with Crippen molar-refractivity contribution in [3.8, 4) is 0 Å². The van der Waals surface area contributed by atoms with Crippen LogP contribution in [0.15, 0.2) is 72.1 Å². The van der Waals surface area contributed by atoms with E-state index >= 15 is 0 Å². The molecule has 0 atom stereocenters. The van der Waals surface area contributed by atoms with Crippen LogP contribution in [0.2, 0.25) is 0 Å². The Bertz CT molecular complexity index is 893. The lowest BCUT2D eigenvalue weighted by atomic mass is 10.1. The van der Waals surface area contributed by atoms with Gasteiger partial charge in [0.2, 0.25) is 0 Å². The molecule has 3 aromatic rings. The molecule has 0 saturated heterocycles. The van der Waals surface area contributed by atoms with Gasteiger partial charge >= 0.3 is 6.03 Å². The maximum absolute atomic E-state index is 13.1. The number of carbonyl (C=O) groups excluding carboxylic acids is 2. The third kappa shape index (κ3) is 5.69. The van der Waals surface area contributed by atoms with Gasteiger partial charge in [0.25, 0.3) is 5.91 Å². The van der Waals surface area contributed by atoms with Crippen molar-refractivity contribution >= 4 is 23.3 Å². The molecular weight excluding hydrogens is 370 g/mol. The number of urea groups is 1. The van der Waals surface area contributed by atoms with E-state index in [1.807, 2.05) is 52.7 Å². The van der Waals surface area contributed by atoms with Crippen LogP contribution in [0.3, 0.4) is 0 Å². The number of hydrogen-bond donors (Lipinski definition) is 2. The van der Waals surface area contributed by atoms with Crippen molar-refractivity contribution in [2.45, 2.75) is 19.5 Å². The molecule has 144 valence electrons. The van der Waals surface area contributed by atoms with Gasteiger partial charge in [-0.3, -0.25) is 4.79 Å². The first-order valence-electron chi connectivity index (χ1n) is 9.09. The molecule has 2 aromatic carbocycles. The standard InChI is InChI=1S/C22H23N3O2S/c23-22(27)24-15-18-8-10-19(11-9-18)21(26)25(16-20-7-4-14-28-20)13-12-17-5-2-1-3-6-17/h1-11,14H,12-13,15-16H2,(H3,23,24,27). The Morgan fingerprint density at radius 2 is 1.68 bits per heavy atom. The van der Waals surface area contributed by atoms with Gasteiger partial charge in [-0.1, -0.05) is 48.5 Å². The van der Waals surface area contributed by atoms with Gasteiger partial charge in [-0.15, -0.1) is 11.3 Å². The minimum Gasteiger partial charge on any atom is -0.352 e. The van der Waals surface area contributed by atoms with E-state index in [2.05, 4.69) is 17.4 Å². The van der Waals surface area contributed by atoms with Crippen LogP contribution in [0, 0.1) is 0 Å². The molecule has 1 heterocycles. The number of primary amides is 1. The van der Waals surface area contributed by atoms with E-state index in [-0.39, 0.29) is 5.91 Å². The smallest absolute Gasteiger partial charge is 0.312 e. The van der Waals surface area contributed by atoms with Gasteiger partial charge in [0.1, 0.15) is 0 Å². The summed E-state index contributed by atoms with van der Waals surface area (Å²) in [5, 5.41) is 4.57. The molecule has 3 amide bonds. The van der Waals surface area contributed by atoms with Crippen LogP contribution in [0.4, 0.5) is 4.79 Å². The first kappa shape index (κ1) is 19.6. The summed E-state index contributed by atoms with van der Waals surface area (Å²) in [6, 6.07) is 20.9. The van der Waals surface area contributed by atoms with Crippen molar-refractivity contribution in [2.75, 3.05) is 6.54 Å². The second-order valence-electron chi connectivity index (χ2n) is 6.46. The van der Waals surface area contributed by atoms with E-state index in [0.717, 1.165) is 16.9 Å². The highest BCUT2D eigenvalue weighted by Gasteiger charge is 2.17. The summed E-state index contributed by atoms with van der Waals surface area (Å²) in [5.74, 6) is -0.00117. The van der Waals surface area contributed by atoms with E-state index < -0.39 is 6.03 Å². The number of benzene rings is 2. The Morgan fingerprint density at radius 3 is 2.32 bits per heavy atom. The van der Waals surface area contributed by atoms with Crippen LogP contribution in [-0.2, 0) is 19.5 Å². The van der Waals surface area contributed by atoms with Crippen LogP contribution in [0.25, 0.3) is 0 Å². The average Bonchev–Trinajstić information content (AvgIpc) is 3.23. The van der Waals surface area contributed by atoms with Crippen molar-refractivity contribution in [3.63, 3.8) is 0 Å². The Balaban J connectivity index is 1.70. The van der Waals surface area contributed by atoms with E-state index in [1.54, 1.807) is 23.5 Å². The molecule has 3 rings (SSSR count). The normalized spacial score (nSPS) is 10.4. The molecule has 0 fully saturated rings. The fraction of sp³-hybridized carbons (Fsp3) is 0.182. The first-order chi connectivity index (χ1) is 13.6. The molecule has 3 N–H and O–H groups in total. The van der Waals surface area contributed by atoms with Crippen LogP contribution in [-0.4, -0.2) is 23.4 Å². The number of amides is 3. The first-order valence-corrected chi connectivity index (χ1v) is 9.97. The molecule has 0 bridgehead atoms. The second kappa shape index (κ2) is 9.71. The summed E-state index contributed by atoms with van der Waals surface area (Å²) in [7, 11) is 0. The third-order valence-corrected chi connectivity index (χ3v) is 5.26. The van der Waals surface area contributed by atoms with Gasteiger partial charge in [-0.2, -0.15) is 0 Å². The lowest BCUT2D eigenvalue weighted by Gasteiger charge is -2.22. The molecule has 28 heavy (non-hydrogen) atoms. The van der Waals surface area contributed by atoms with Gasteiger partial charge in [-0.05, 0) is 41.1 Å². The van der Waals surface area contributed by atoms with Gasteiger partial charge < -0.3 is 16.0 Å². The van der Waals surface area contributed by atoms with Crippen LogP contribution >= 0.6 is 11.3 Å². The van der Waals surface area contributed by atoms with E-state index in [0.29, 0.717) is 25.2 Å². The van der Waals surface area contributed by atoms with Gasteiger partial charge in [-0.25, -0.2) is 4.79 Å². The highest BCUT2D eigenvalue weighted by molar-refractivity contribution is 7.09. The molecule has 5 nitrogen and oxygen atoms in total. The van der Waals surface area contributed by atoms with E-state index in [1.165, 1.54) is 5.56 Å². The predicted octanol–water partition coefficient (Wildman–Crippen LogP) is 3.80. The Morgan fingerprint density at radius 1 is 0.929 bits per heavy atom. The summed E-state index contributed by atoms with van der Waals surface area (Å²) >= 11 is 1.65. The molecule has 0 aliphatic carbocycles. The average molecular weight is 394 g/mol. The summed E-state index contributed by atoms with van der Waals surface area (Å²) in [4.78, 5) is 27.0. The van der Waals surface area contributed by atoms with Crippen molar-refractivity contribution in [1.29, 1.82) is 0 Å². The van der Waals surface area contributed by atoms with E-state index in [9.17, 15) is 9.59 Å². The Hall–Kier alpha value is -3.12. The molecule has 1 aromatic heterocycles. The number of nitrogens with zero attached hydrogens (tertiary/aromatic N) is 1. The number of rotatable bonds is 8. The number of nitrogens with two attached hydrogens (primary N) is 1.